The fourth-order valence-electron chi connectivity index (χ4n) is 1.76. The van der Waals surface area contributed by atoms with Gasteiger partial charge in [-0.25, -0.2) is 13.2 Å². The molecule has 5 heteroatoms. The van der Waals surface area contributed by atoms with Gasteiger partial charge in [-0.15, -0.1) is 0 Å². The molecule has 0 unspecified atom stereocenters. The van der Waals surface area contributed by atoms with Crippen molar-refractivity contribution in [3.05, 3.63) is 58.9 Å². The van der Waals surface area contributed by atoms with Crippen molar-refractivity contribution >= 4 is 11.8 Å². The van der Waals surface area contributed by atoms with Crippen LogP contribution >= 0.6 is 11.8 Å². The Morgan fingerprint density at radius 3 is 2.35 bits per heavy atom. The van der Waals surface area contributed by atoms with Gasteiger partial charge in [0.05, 0.1) is 11.0 Å². The van der Waals surface area contributed by atoms with Gasteiger partial charge in [-0.05, 0) is 55.3 Å². The highest BCUT2D eigenvalue weighted by molar-refractivity contribution is 7.99. The zero-order valence-corrected chi connectivity index (χ0v) is 11.8. The number of aryl methyl sites for hydroxylation is 1. The molecule has 0 fully saturated rings. The van der Waals surface area contributed by atoms with Crippen LogP contribution in [0.5, 0.6) is 0 Å². The highest BCUT2D eigenvalue weighted by Crippen LogP contribution is 2.36. The van der Waals surface area contributed by atoms with Gasteiger partial charge in [0, 0.05) is 4.90 Å². The van der Waals surface area contributed by atoms with Crippen LogP contribution in [0.1, 0.15) is 24.2 Å². The van der Waals surface area contributed by atoms with Crippen LogP contribution in [-0.4, -0.2) is 5.11 Å². The van der Waals surface area contributed by atoms with Crippen LogP contribution in [0.25, 0.3) is 0 Å². The molecule has 0 aliphatic heterocycles. The van der Waals surface area contributed by atoms with Gasteiger partial charge in [0.15, 0.2) is 0 Å². The van der Waals surface area contributed by atoms with Crippen molar-refractivity contribution in [2.45, 2.75) is 29.7 Å². The zero-order chi connectivity index (χ0) is 14.9. The van der Waals surface area contributed by atoms with Gasteiger partial charge in [0.1, 0.15) is 17.5 Å². The van der Waals surface area contributed by atoms with Crippen molar-refractivity contribution in [3.8, 4) is 0 Å². The minimum atomic E-state index is -0.899. The van der Waals surface area contributed by atoms with Gasteiger partial charge in [0.25, 0.3) is 0 Å². The summed E-state index contributed by atoms with van der Waals surface area (Å²) >= 11 is 0.965. The first kappa shape index (κ1) is 14.9. The SMILES string of the molecule is Cc1cc(Sc2cc(F)ccc2F)c([C@@H](C)O)cc1F. The number of aliphatic hydroxyl groups excluding tert-OH is 1. The number of benzene rings is 2. The molecule has 2 aromatic rings. The van der Waals surface area contributed by atoms with E-state index >= 15 is 0 Å². The Balaban J connectivity index is 2.47. The van der Waals surface area contributed by atoms with E-state index < -0.39 is 23.6 Å². The third kappa shape index (κ3) is 3.16. The molecule has 0 aromatic heterocycles. The van der Waals surface area contributed by atoms with E-state index in [1.54, 1.807) is 6.92 Å². The van der Waals surface area contributed by atoms with Crippen LogP contribution in [0.3, 0.4) is 0 Å². The molecular weight excluding hydrogens is 285 g/mol. The minimum Gasteiger partial charge on any atom is -0.389 e. The van der Waals surface area contributed by atoms with Gasteiger partial charge in [-0.2, -0.15) is 0 Å². The molecule has 0 bridgehead atoms. The minimum absolute atomic E-state index is 0.0953. The predicted molar refractivity (Wildman–Crippen MR) is 72.3 cm³/mol. The van der Waals surface area contributed by atoms with Gasteiger partial charge in [-0.3, -0.25) is 0 Å². The lowest BCUT2D eigenvalue weighted by atomic mass is 10.1. The van der Waals surface area contributed by atoms with Crippen molar-refractivity contribution in [1.29, 1.82) is 0 Å². The quantitative estimate of drug-likeness (QED) is 0.892. The number of hydrogen-bond donors (Lipinski definition) is 1. The van der Waals surface area contributed by atoms with Crippen molar-refractivity contribution in [3.63, 3.8) is 0 Å². The lowest BCUT2D eigenvalue weighted by Gasteiger charge is -2.13. The first-order valence-corrected chi connectivity index (χ1v) is 6.81. The second kappa shape index (κ2) is 5.89. The normalized spacial score (nSPS) is 12.5. The first-order valence-electron chi connectivity index (χ1n) is 5.99. The fourth-order valence-corrected chi connectivity index (χ4v) is 2.92. The highest BCUT2D eigenvalue weighted by atomic mass is 32.2. The van der Waals surface area contributed by atoms with E-state index in [1.165, 1.54) is 19.1 Å². The van der Waals surface area contributed by atoms with Crippen molar-refractivity contribution in [1.82, 2.24) is 0 Å². The average Bonchev–Trinajstić information content (AvgIpc) is 2.37. The molecule has 0 amide bonds. The summed E-state index contributed by atoms with van der Waals surface area (Å²) in [5.74, 6) is -1.55. The van der Waals surface area contributed by atoms with Gasteiger partial charge in [-0.1, -0.05) is 11.8 Å². The molecule has 0 saturated carbocycles. The summed E-state index contributed by atoms with van der Waals surface area (Å²) in [5.41, 5.74) is 0.732. The Labute approximate surface area is 119 Å². The topological polar surface area (TPSA) is 20.2 Å². The van der Waals surface area contributed by atoms with Crippen LogP contribution in [0.2, 0.25) is 0 Å². The average molecular weight is 298 g/mol. The molecule has 1 atom stereocenters. The molecule has 0 radical (unpaired) electrons. The van der Waals surface area contributed by atoms with E-state index in [4.69, 9.17) is 0 Å². The van der Waals surface area contributed by atoms with Crippen LogP contribution in [0, 0.1) is 24.4 Å². The van der Waals surface area contributed by atoms with E-state index in [0.29, 0.717) is 16.0 Å². The third-order valence-corrected chi connectivity index (χ3v) is 3.96. The predicted octanol–water partition coefficient (Wildman–Crippen LogP) is 4.62. The zero-order valence-electron chi connectivity index (χ0n) is 11.0. The lowest BCUT2D eigenvalue weighted by molar-refractivity contribution is 0.196. The Kier molecular flexibility index (Phi) is 4.40. The Hall–Kier alpha value is -1.46. The Morgan fingerprint density at radius 1 is 1.00 bits per heavy atom. The summed E-state index contributed by atoms with van der Waals surface area (Å²) in [6, 6.07) is 5.89. The molecule has 0 aliphatic carbocycles. The maximum Gasteiger partial charge on any atom is 0.137 e. The summed E-state index contributed by atoms with van der Waals surface area (Å²) in [6.07, 6.45) is -0.899. The summed E-state index contributed by atoms with van der Waals surface area (Å²) < 4.78 is 40.4. The maximum atomic E-state index is 13.6. The number of halogens is 3. The smallest absolute Gasteiger partial charge is 0.137 e. The first-order chi connectivity index (χ1) is 9.38. The summed E-state index contributed by atoms with van der Waals surface area (Å²) in [6.45, 7) is 3.07. The van der Waals surface area contributed by atoms with Crippen LogP contribution < -0.4 is 0 Å². The summed E-state index contributed by atoms with van der Waals surface area (Å²) in [7, 11) is 0. The maximum absolute atomic E-state index is 13.6. The molecule has 0 aliphatic rings. The third-order valence-electron chi connectivity index (χ3n) is 2.85. The molecule has 1 N–H and O–H groups in total. The standard InChI is InChI=1S/C15H13F3OS/c1-8-5-14(11(9(2)19)7-13(8)18)20-15-6-10(16)3-4-12(15)17/h3-7,9,19H,1-2H3/t9-/m1/s1. The van der Waals surface area contributed by atoms with Gasteiger partial charge >= 0.3 is 0 Å². The van der Waals surface area contributed by atoms with E-state index in [1.807, 2.05) is 0 Å². The summed E-state index contributed by atoms with van der Waals surface area (Å²) in [4.78, 5) is 0.598. The molecule has 1 nitrogen and oxygen atoms in total. The van der Waals surface area contributed by atoms with Crippen molar-refractivity contribution < 1.29 is 18.3 Å². The molecule has 2 rings (SSSR count). The van der Waals surface area contributed by atoms with E-state index in [2.05, 4.69) is 0 Å². The fraction of sp³-hybridized carbons (Fsp3) is 0.200. The van der Waals surface area contributed by atoms with Crippen molar-refractivity contribution in [2.24, 2.45) is 0 Å². The Bertz CT molecular complexity index is 641. The largest absolute Gasteiger partial charge is 0.389 e. The second-order valence-corrected chi connectivity index (χ2v) is 5.58. The summed E-state index contributed by atoms with van der Waals surface area (Å²) in [5, 5.41) is 9.67. The van der Waals surface area contributed by atoms with Crippen LogP contribution in [0.15, 0.2) is 40.1 Å². The molecule has 20 heavy (non-hydrogen) atoms. The number of aliphatic hydroxyl groups is 1. The van der Waals surface area contributed by atoms with Crippen LogP contribution in [-0.2, 0) is 0 Å². The number of rotatable bonds is 3. The second-order valence-electron chi connectivity index (χ2n) is 4.49. The van der Waals surface area contributed by atoms with Crippen molar-refractivity contribution in [2.75, 3.05) is 0 Å². The number of hydrogen-bond acceptors (Lipinski definition) is 2. The molecule has 2 aromatic carbocycles. The van der Waals surface area contributed by atoms with E-state index in [9.17, 15) is 18.3 Å². The van der Waals surface area contributed by atoms with Gasteiger partial charge < -0.3 is 5.11 Å². The lowest BCUT2D eigenvalue weighted by Crippen LogP contribution is -1.98. The molecular formula is C15H13F3OS. The van der Waals surface area contributed by atoms with E-state index in [0.717, 1.165) is 30.0 Å². The molecule has 0 heterocycles. The monoisotopic (exact) mass is 298 g/mol. The molecule has 106 valence electrons. The van der Waals surface area contributed by atoms with Crippen LogP contribution in [0.4, 0.5) is 13.2 Å². The molecule has 0 spiro atoms. The van der Waals surface area contributed by atoms with E-state index in [-0.39, 0.29) is 4.90 Å². The Morgan fingerprint density at radius 2 is 1.70 bits per heavy atom. The van der Waals surface area contributed by atoms with Gasteiger partial charge in [0.2, 0.25) is 0 Å². The molecule has 0 saturated heterocycles. The highest BCUT2D eigenvalue weighted by Gasteiger charge is 2.15.